The number of rotatable bonds is 6. The van der Waals surface area contributed by atoms with Crippen LogP contribution in [0.4, 0.5) is 5.69 Å². The second-order valence-electron chi connectivity index (χ2n) is 5.71. The Balaban J connectivity index is 1.67. The van der Waals surface area contributed by atoms with Crippen LogP contribution in [0.25, 0.3) is 0 Å². The highest BCUT2D eigenvalue weighted by Gasteiger charge is 2.20. The molecule has 25 heavy (non-hydrogen) atoms. The quantitative estimate of drug-likeness (QED) is 0.669. The number of benzene rings is 1. The fraction of sp³-hybridized carbons (Fsp3) is 0.294. The predicted octanol–water partition coefficient (Wildman–Crippen LogP) is 3.52. The molecule has 130 valence electrons. The van der Waals surface area contributed by atoms with Crippen LogP contribution in [0.3, 0.4) is 0 Å². The van der Waals surface area contributed by atoms with Crippen molar-refractivity contribution in [3.8, 4) is 0 Å². The monoisotopic (exact) mass is 373 g/mol. The number of aromatic nitrogens is 4. The van der Waals surface area contributed by atoms with Crippen LogP contribution in [-0.2, 0) is 11.3 Å². The Morgan fingerprint density at radius 1 is 1.28 bits per heavy atom. The lowest BCUT2D eigenvalue weighted by Crippen LogP contribution is -2.24. The summed E-state index contributed by atoms with van der Waals surface area (Å²) >= 11 is 3.01. The van der Waals surface area contributed by atoms with E-state index >= 15 is 0 Å². The summed E-state index contributed by atoms with van der Waals surface area (Å²) in [6, 6.07) is 10.00. The van der Waals surface area contributed by atoms with Crippen molar-refractivity contribution in [2.75, 3.05) is 5.32 Å². The van der Waals surface area contributed by atoms with Gasteiger partial charge in [-0.2, -0.15) is 0 Å². The highest BCUT2D eigenvalue weighted by molar-refractivity contribution is 8.00. The average Bonchev–Trinajstić information content (AvgIpc) is 3.24. The molecule has 0 aliphatic heterocycles. The first-order valence-corrected chi connectivity index (χ1v) is 9.63. The number of amides is 1. The maximum absolute atomic E-state index is 12.6. The van der Waals surface area contributed by atoms with Gasteiger partial charge in [-0.1, -0.05) is 36.0 Å². The second-order valence-corrected chi connectivity index (χ2v) is 8.05. The van der Waals surface area contributed by atoms with Crippen molar-refractivity contribution in [1.82, 2.24) is 20.2 Å². The Bertz CT molecular complexity index is 840. The molecule has 6 nitrogen and oxygen atoms in total. The van der Waals surface area contributed by atoms with E-state index in [2.05, 4.69) is 20.8 Å². The van der Waals surface area contributed by atoms with Crippen LogP contribution in [0.15, 0.2) is 40.9 Å². The first-order chi connectivity index (χ1) is 12.0. The fourth-order valence-electron chi connectivity index (χ4n) is 2.38. The van der Waals surface area contributed by atoms with Crippen LogP contribution in [-0.4, -0.2) is 31.4 Å². The number of aryl methyl sites for hydroxylation is 2. The van der Waals surface area contributed by atoms with Gasteiger partial charge in [-0.25, -0.2) is 4.68 Å². The Labute approximate surface area is 154 Å². The summed E-state index contributed by atoms with van der Waals surface area (Å²) in [7, 11) is 0. The number of thiophene rings is 1. The minimum absolute atomic E-state index is 0.0620. The molecule has 3 rings (SSSR count). The Hall–Kier alpha value is -2.19. The highest BCUT2D eigenvalue weighted by Crippen LogP contribution is 2.25. The lowest BCUT2D eigenvalue weighted by molar-refractivity contribution is -0.115. The molecular weight excluding hydrogens is 354 g/mol. The molecule has 0 fully saturated rings. The number of hydrogen-bond donors (Lipinski definition) is 1. The largest absolute Gasteiger partial charge is 0.325 e. The molecule has 1 aromatic carbocycles. The van der Waals surface area contributed by atoms with E-state index in [0.717, 1.165) is 16.8 Å². The number of carbonyl (C=O) groups is 1. The number of para-hydroxylation sites is 1. The lowest BCUT2D eigenvalue weighted by Gasteiger charge is -2.15. The number of thioether (sulfide) groups is 1. The Morgan fingerprint density at radius 2 is 2.04 bits per heavy atom. The summed E-state index contributed by atoms with van der Waals surface area (Å²) in [5.41, 5.74) is 2.97. The number of carbonyl (C=O) groups excluding carboxylic acids is 1. The lowest BCUT2D eigenvalue weighted by atomic mass is 10.1. The summed E-state index contributed by atoms with van der Waals surface area (Å²) in [4.78, 5) is 13.7. The van der Waals surface area contributed by atoms with Gasteiger partial charge in [0, 0.05) is 10.6 Å². The van der Waals surface area contributed by atoms with Crippen molar-refractivity contribution in [3.05, 3.63) is 51.7 Å². The first-order valence-electron chi connectivity index (χ1n) is 7.87. The molecule has 1 unspecified atom stereocenters. The molecule has 8 heteroatoms. The Morgan fingerprint density at radius 3 is 2.72 bits per heavy atom. The smallest absolute Gasteiger partial charge is 0.237 e. The average molecular weight is 374 g/mol. The van der Waals surface area contributed by atoms with Crippen molar-refractivity contribution >= 4 is 34.7 Å². The zero-order chi connectivity index (χ0) is 17.8. The molecule has 0 radical (unpaired) electrons. The third-order valence-electron chi connectivity index (χ3n) is 3.77. The van der Waals surface area contributed by atoms with Gasteiger partial charge in [-0.15, -0.1) is 16.4 Å². The molecule has 2 heterocycles. The van der Waals surface area contributed by atoms with Gasteiger partial charge in [0.15, 0.2) is 0 Å². The third-order valence-corrected chi connectivity index (χ3v) is 5.70. The van der Waals surface area contributed by atoms with Gasteiger partial charge in [0.1, 0.15) is 0 Å². The zero-order valence-electron chi connectivity index (χ0n) is 14.3. The second kappa shape index (κ2) is 7.79. The van der Waals surface area contributed by atoms with Gasteiger partial charge in [0.05, 0.1) is 11.8 Å². The normalized spacial score (nSPS) is 12.1. The van der Waals surface area contributed by atoms with E-state index in [1.54, 1.807) is 16.0 Å². The highest BCUT2D eigenvalue weighted by atomic mass is 32.2. The predicted molar refractivity (Wildman–Crippen MR) is 101 cm³/mol. The van der Waals surface area contributed by atoms with Crippen LogP contribution in [0.2, 0.25) is 0 Å². The van der Waals surface area contributed by atoms with Crippen LogP contribution in [0.1, 0.15) is 22.9 Å². The SMILES string of the molecule is Cc1cccc(C)c1NC(=O)C(C)Sc1nnnn1Cc1cccs1. The van der Waals surface area contributed by atoms with E-state index in [9.17, 15) is 4.79 Å². The van der Waals surface area contributed by atoms with Crippen molar-refractivity contribution in [2.24, 2.45) is 0 Å². The van der Waals surface area contributed by atoms with Crippen LogP contribution in [0.5, 0.6) is 0 Å². The van der Waals surface area contributed by atoms with Crippen molar-refractivity contribution in [3.63, 3.8) is 0 Å². The number of nitrogens with zero attached hydrogens (tertiary/aromatic N) is 4. The van der Waals surface area contributed by atoms with E-state index in [-0.39, 0.29) is 11.2 Å². The van der Waals surface area contributed by atoms with Gasteiger partial charge >= 0.3 is 0 Å². The molecule has 1 amide bonds. The number of tetrazole rings is 1. The molecule has 0 spiro atoms. The number of anilines is 1. The van der Waals surface area contributed by atoms with Crippen LogP contribution < -0.4 is 5.32 Å². The van der Waals surface area contributed by atoms with Crippen molar-refractivity contribution in [1.29, 1.82) is 0 Å². The summed E-state index contributed by atoms with van der Waals surface area (Å²) < 4.78 is 1.72. The van der Waals surface area contributed by atoms with Crippen LogP contribution >= 0.6 is 23.1 Å². The van der Waals surface area contributed by atoms with E-state index in [0.29, 0.717) is 11.7 Å². The zero-order valence-corrected chi connectivity index (χ0v) is 15.9. The van der Waals surface area contributed by atoms with Gasteiger partial charge < -0.3 is 5.32 Å². The third kappa shape index (κ3) is 4.26. The van der Waals surface area contributed by atoms with E-state index in [1.807, 2.05) is 56.5 Å². The number of nitrogens with one attached hydrogen (secondary N) is 1. The van der Waals surface area contributed by atoms with E-state index in [4.69, 9.17) is 0 Å². The summed E-state index contributed by atoms with van der Waals surface area (Å²) in [6.45, 7) is 6.44. The van der Waals surface area contributed by atoms with Gasteiger partial charge in [-0.3, -0.25) is 4.79 Å². The number of hydrogen-bond acceptors (Lipinski definition) is 6. The minimum atomic E-state index is -0.313. The maximum atomic E-state index is 12.6. The molecule has 1 N–H and O–H groups in total. The molecular formula is C17H19N5OS2. The van der Waals surface area contributed by atoms with Gasteiger partial charge in [-0.05, 0) is 53.8 Å². The minimum Gasteiger partial charge on any atom is -0.325 e. The van der Waals surface area contributed by atoms with Crippen molar-refractivity contribution in [2.45, 2.75) is 37.7 Å². The van der Waals surface area contributed by atoms with Crippen molar-refractivity contribution < 1.29 is 4.79 Å². The molecule has 0 saturated carbocycles. The molecule has 0 bridgehead atoms. The first kappa shape index (κ1) is 17.6. The summed E-state index contributed by atoms with van der Waals surface area (Å²) in [5.74, 6) is -0.0620. The Kier molecular flexibility index (Phi) is 5.50. The summed E-state index contributed by atoms with van der Waals surface area (Å²) in [6.07, 6.45) is 0. The molecule has 0 aliphatic carbocycles. The molecule has 2 aromatic heterocycles. The van der Waals surface area contributed by atoms with Gasteiger partial charge in [0.25, 0.3) is 0 Å². The molecule has 1 atom stereocenters. The van der Waals surface area contributed by atoms with E-state index in [1.165, 1.54) is 16.6 Å². The fourth-order valence-corrected chi connectivity index (χ4v) is 3.85. The topological polar surface area (TPSA) is 72.7 Å². The maximum Gasteiger partial charge on any atom is 0.237 e. The summed E-state index contributed by atoms with van der Waals surface area (Å²) in [5, 5.41) is 17.2. The molecule has 3 aromatic rings. The van der Waals surface area contributed by atoms with Crippen LogP contribution in [0, 0.1) is 13.8 Å². The van der Waals surface area contributed by atoms with Gasteiger partial charge in [0.2, 0.25) is 11.1 Å². The molecule has 0 saturated heterocycles. The molecule has 0 aliphatic rings. The standard InChI is InChI=1S/C17H19N5OS2/c1-11-6-4-7-12(2)15(11)18-16(23)13(3)25-17-19-20-21-22(17)10-14-8-5-9-24-14/h4-9,13H,10H2,1-3H3,(H,18,23). The van der Waals surface area contributed by atoms with E-state index < -0.39 is 0 Å².